The summed E-state index contributed by atoms with van der Waals surface area (Å²) in [5.74, 6) is -1.46. The molecule has 5 nitrogen and oxygen atoms in total. The number of nitrogens with one attached hydrogen (secondary N) is 1. The molecule has 134 valence electrons. The minimum Gasteiger partial charge on any atom is -0.373 e. The van der Waals surface area contributed by atoms with E-state index in [1.165, 1.54) is 9.80 Å². The third-order valence-electron chi connectivity index (χ3n) is 3.98. The summed E-state index contributed by atoms with van der Waals surface area (Å²) in [5, 5.41) is 2.55. The maximum atomic E-state index is 14.0. The van der Waals surface area contributed by atoms with Crippen LogP contribution < -0.4 is 10.2 Å². The van der Waals surface area contributed by atoms with Gasteiger partial charge in [0, 0.05) is 39.2 Å². The highest BCUT2D eigenvalue weighted by Crippen LogP contribution is 2.27. The fourth-order valence-corrected chi connectivity index (χ4v) is 2.74. The average molecular weight is 348 g/mol. The van der Waals surface area contributed by atoms with Gasteiger partial charge in [0.2, 0.25) is 0 Å². The Morgan fingerprint density at radius 3 is 2.20 bits per heavy atom. The topological polar surface area (TPSA) is 48.5 Å². The first-order chi connectivity index (χ1) is 11.8. The molecule has 1 aromatic carbocycles. The molecule has 0 radical (unpaired) electrons. The van der Waals surface area contributed by atoms with Crippen molar-refractivity contribution in [1.29, 1.82) is 0 Å². The van der Waals surface area contributed by atoms with Gasteiger partial charge in [0.15, 0.2) is 11.6 Å². The Hall–Kier alpha value is -2.70. The lowest BCUT2D eigenvalue weighted by Crippen LogP contribution is -2.34. The fourth-order valence-electron chi connectivity index (χ4n) is 2.74. The molecule has 2 rings (SSSR count). The molecule has 0 aliphatic carbocycles. The molecule has 1 heterocycles. The molecule has 0 bridgehead atoms. The van der Waals surface area contributed by atoms with E-state index in [4.69, 9.17) is 0 Å². The third-order valence-corrected chi connectivity index (χ3v) is 3.98. The van der Waals surface area contributed by atoms with Gasteiger partial charge in [-0.3, -0.25) is 4.98 Å². The number of aromatic nitrogens is 1. The Morgan fingerprint density at radius 1 is 1.16 bits per heavy atom. The minimum atomic E-state index is -0.732. The second kappa shape index (κ2) is 7.92. The van der Waals surface area contributed by atoms with Crippen molar-refractivity contribution in [3.63, 3.8) is 0 Å². The highest BCUT2D eigenvalue weighted by molar-refractivity contribution is 5.89. The smallest absolute Gasteiger partial charge is 0.322 e. The van der Waals surface area contributed by atoms with Crippen molar-refractivity contribution < 1.29 is 13.6 Å². The van der Waals surface area contributed by atoms with Crippen LogP contribution in [0.4, 0.5) is 25.0 Å². The number of anilines is 2. The molecule has 0 fully saturated rings. The van der Waals surface area contributed by atoms with Crippen LogP contribution in [-0.2, 0) is 0 Å². The summed E-state index contributed by atoms with van der Waals surface area (Å²) in [6, 6.07) is 5.28. The van der Waals surface area contributed by atoms with Crippen molar-refractivity contribution in [3.8, 4) is 0 Å². The van der Waals surface area contributed by atoms with Gasteiger partial charge in [-0.25, -0.2) is 13.6 Å². The standard InChI is InChI=1S/C18H22F2N4O/c1-5-16(12-6-8-21-9-7-12)24(4)18(25)22-13-10-14(19)17(23(2)3)15(20)11-13/h6-11,16H,5H2,1-4H3,(H,22,25)/t16-/m0/s1. The maximum Gasteiger partial charge on any atom is 0.322 e. The zero-order valence-electron chi connectivity index (χ0n) is 14.8. The van der Waals surface area contributed by atoms with E-state index in [-0.39, 0.29) is 17.4 Å². The molecule has 0 aliphatic heterocycles. The van der Waals surface area contributed by atoms with Crippen molar-refractivity contribution in [1.82, 2.24) is 9.88 Å². The molecular weight excluding hydrogens is 326 g/mol. The van der Waals surface area contributed by atoms with Gasteiger partial charge in [0.25, 0.3) is 0 Å². The number of hydrogen-bond acceptors (Lipinski definition) is 3. The number of amides is 2. The molecule has 1 atom stereocenters. The second-order valence-electron chi connectivity index (χ2n) is 5.93. The van der Waals surface area contributed by atoms with E-state index in [2.05, 4.69) is 10.3 Å². The number of halogens is 2. The normalized spacial score (nSPS) is 11.8. The highest BCUT2D eigenvalue weighted by atomic mass is 19.1. The largest absolute Gasteiger partial charge is 0.373 e. The van der Waals surface area contributed by atoms with Gasteiger partial charge in [-0.05, 0) is 36.2 Å². The van der Waals surface area contributed by atoms with Crippen molar-refractivity contribution in [3.05, 3.63) is 53.9 Å². The Labute approximate surface area is 146 Å². The van der Waals surface area contributed by atoms with E-state index >= 15 is 0 Å². The quantitative estimate of drug-likeness (QED) is 0.887. The Kier molecular flexibility index (Phi) is 5.90. The lowest BCUT2D eigenvalue weighted by atomic mass is 10.1. The van der Waals surface area contributed by atoms with E-state index in [1.54, 1.807) is 33.5 Å². The number of carbonyl (C=O) groups is 1. The minimum absolute atomic E-state index is 0.0713. The molecule has 7 heteroatoms. The number of nitrogens with zero attached hydrogens (tertiary/aromatic N) is 3. The Morgan fingerprint density at radius 2 is 1.72 bits per heavy atom. The molecule has 0 saturated carbocycles. The van der Waals surface area contributed by atoms with Crippen molar-refractivity contribution in [2.45, 2.75) is 19.4 Å². The first-order valence-electron chi connectivity index (χ1n) is 7.95. The van der Waals surface area contributed by atoms with E-state index in [0.29, 0.717) is 6.42 Å². The number of pyridine rings is 1. The van der Waals surface area contributed by atoms with Crippen LogP contribution in [0.5, 0.6) is 0 Å². The van der Waals surface area contributed by atoms with E-state index < -0.39 is 17.7 Å². The molecule has 0 spiro atoms. The van der Waals surface area contributed by atoms with Crippen LogP contribution in [0.3, 0.4) is 0 Å². The van der Waals surface area contributed by atoms with Crippen LogP contribution in [0.25, 0.3) is 0 Å². The second-order valence-corrected chi connectivity index (χ2v) is 5.93. The molecular formula is C18H22F2N4O. The summed E-state index contributed by atoms with van der Waals surface area (Å²) < 4.78 is 28.1. The van der Waals surface area contributed by atoms with Gasteiger partial charge in [-0.2, -0.15) is 0 Å². The lowest BCUT2D eigenvalue weighted by molar-refractivity contribution is 0.202. The first-order valence-corrected chi connectivity index (χ1v) is 7.95. The predicted octanol–water partition coefficient (Wildman–Crippen LogP) is 4.04. The number of carbonyl (C=O) groups excluding carboxylic acids is 1. The van der Waals surface area contributed by atoms with Gasteiger partial charge in [-0.15, -0.1) is 0 Å². The van der Waals surface area contributed by atoms with Gasteiger partial charge in [0.05, 0.1) is 6.04 Å². The summed E-state index contributed by atoms with van der Waals surface area (Å²) in [6.45, 7) is 1.96. The van der Waals surface area contributed by atoms with Crippen molar-refractivity contribution in [2.75, 3.05) is 31.4 Å². The van der Waals surface area contributed by atoms with E-state index in [1.807, 2.05) is 19.1 Å². The number of hydrogen-bond donors (Lipinski definition) is 1. The predicted molar refractivity (Wildman–Crippen MR) is 94.7 cm³/mol. The van der Waals surface area contributed by atoms with Crippen LogP contribution in [0.2, 0.25) is 0 Å². The molecule has 0 saturated heterocycles. The molecule has 2 amide bonds. The Bertz CT molecular complexity index is 714. The molecule has 1 N–H and O–H groups in total. The maximum absolute atomic E-state index is 14.0. The van der Waals surface area contributed by atoms with E-state index in [9.17, 15) is 13.6 Å². The summed E-state index contributed by atoms with van der Waals surface area (Å²) in [5.41, 5.74) is 0.868. The van der Waals surface area contributed by atoms with Crippen LogP contribution in [0.1, 0.15) is 24.9 Å². The molecule has 1 aromatic heterocycles. The molecule has 0 aliphatic rings. The van der Waals surface area contributed by atoms with Crippen molar-refractivity contribution >= 4 is 17.4 Å². The number of urea groups is 1. The average Bonchev–Trinajstić information content (AvgIpc) is 2.55. The summed E-state index contributed by atoms with van der Waals surface area (Å²) in [6.07, 6.45) is 4.01. The molecule has 2 aromatic rings. The van der Waals surface area contributed by atoms with Gasteiger partial charge in [-0.1, -0.05) is 6.92 Å². The van der Waals surface area contributed by atoms with Crippen LogP contribution in [0.15, 0.2) is 36.7 Å². The van der Waals surface area contributed by atoms with Gasteiger partial charge >= 0.3 is 6.03 Å². The van der Waals surface area contributed by atoms with Crippen LogP contribution >= 0.6 is 0 Å². The summed E-state index contributed by atoms with van der Waals surface area (Å²) in [4.78, 5) is 19.3. The number of rotatable bonds is 5. The zero-order valence-corrected chi connectivity index (χ0v) is 14.8. The summed E-state index contributed by atoms with van der Waals surface area (Å²) >= 11 is 0. The molecule has 0 unspecified atom stereocenters. The third kappa shape index (κ3) is 4.23. The SMILES string of the molecule is CC[C@@H](c1ccncc1)N(C)C(=O)Nc1cc(F)c(N(C)C)c(F)c1. The van der Waals surface area contributed by atoms with E-state index in [0.717, 1.165) is 17.7 Å². The lowest BCUT2D eigenvalue weighted by Gasteiger charge is -2.28. The molecule has 25 heavy (non-hydrogen) atoms. The highest BCUT2D eigenvalue weighted by Gasteiger charge is 2.21. The first kappa shape index (κ1) is 18.6. The summed E-state index contributed by atoms with van der Waals surface area (Å²) in [7, 11) is 4.74. The zero-order chi connectivity index (χ0) is 18.6. The Balaban J connectivity index is 2.18. The van der Waals surface area contributed by atoms with Gasteiger partial charge < -0.3 is 15.1 Å². The monoisotopic (exact) mass is 348 g/mol. The van der Waals surface area contributed by atoms with Crippen molar-refractivity contribution in [2.24, 2.45) is 0 Å². The van der Waals surface area contributed by atoms with Crippen LogP contribution in [0, 0.1) is 11.6 Å². The van der Waals surface area contributed by atoms with Crippen LogP contribution in [-0.4, -0.2) is 37.1 Å². The fraction of sp³-hybridized carbons (Fsp3) is 0.333. The number of benzene rings is 1. The van der Waals surface area contributed by atoms with Gasteiger partial charge in [0.1, 0.15) is 5.69 Å².